The summed E-state index contributed by atoms with van der Waals surface area (Å²) in [6, 6.07) is 24.5. The van der Waals surface area contributed by atoms with Crippen LogP contribution in [0.5, 0.6) is 5.75 Å². The van der Waals surface area contributed by atoms with Crippen molar-refractivity contribution in [3.05, 3.63) is 101 Å². The monoisotopic (exact) mass is 517 g/mol. The van der Waals surface area contributed by atoms with Gasteiger partial charge >= 0.3 is 0 Å². The number of rotatable bonds is 10. The highest BCUT2D eigenvalue weighted by Gasteiger charge is 2.43. The third-order valence-electron chi connectivity index (χ3n) is 7.54. The van der Waals surface area contributed by atoms with Gasteiger partial charge in [-0.2, -0.15) is 0 Å². The Balaban J connectivity index is 0.000000644. The van der Waals surface area contributed by atoms with Crippen molar-refractivity contribution in [2.75, 3.05) is 19.7 Å². The van der Waals surface area contributed by atoms with Gasteiger partial charge in [-0.1, -0.05) is 101 Å². The molecule has 1 saturated heterocycles. The van der Waals surface area contributed by atoms with E-state index in [-0.39, 0.29) is 24.2 Å². The second kappa shape index (κ2) is 12.7. The molecular weight excluding hydrogens is 473 g/mol. The number of ketones is 1. The first-order valence-corrected chi connectivity index (χ1v) is 14.2. The van der Waals surface area contributed by atoms with Gasteiger partial charge in [0.1, 0.15) is 11.6 Å². The van der Waals surface area contributed by atoms with Gasteiger partial charge in [-0.3, -0.25) is 9.69 Å². The van der Waals surface area contributed by atoms with Gasteiger partial charge in [-0.05, 0) is 48.4 Å². The number of Topliss-reactive ketones (excluding diaryl/α,β-unsaturated/α-hetero) is 1. The number of likely N-dealkylation sites (tertiary alicyclic amines) is 1. The van der Waals surface area contributed by atoms with Crippen molar-refractivity contribution >= 4 is 5.78 Å². The summed E-state index contributed by atoms with van der Waals surface area (Å²) in [5.41, 5.74) is 3.69. The molecule has 0 unspecified atom stereocenters. The van der Waals surface area contributed by atoms with Crippen LogP contribution in [-0.2, 0) is 0 Å². The molecule has 2 aliphatic rings. The van der Waals surface area contributed by atoms with Crippen molar-refractivity contribution in [1.82, 2.24) is 4.90 Å². The molecule has 204 valence electrons. The lowest BCUT2D eigenvalue weighted by Gasteiger charge is -2.51. The minimum absolute atomic E-state index is 0. The number of hydrogen-bond acceptors (Lipinski definition) is 3. The fourth-order valence-corrected chi connectivity index (χ4v) is 5.38. The molecule has 1 saturated carbocycles. The molecule has 3 aromatic carbocycles. The summed E-state index contributed by atoms with van der Waals surface area (Å²) in [6.45, 7) is 10.4. The Hall–Kier alpha value is -2.98. The first-order chi connectivity index (χ1) is 18.3. The predicted molar refractivity (Wildman–Crippen MR) is 156 cm³/mol. The zero-order chi connectivity index (χ0) is 27.1. The van der Waals surface area contributed by atoms with Crippen molar-refractivity contribution in [3.63, 3.8) is 0 Å². The predicted octanol–water partition coefficient (Wildman–Crippen LogP) is 8.84. The zero-order valence-electron chi connectivity index (χ0n) is 23.4. The minimum Gasteiger partial charge on any atom is -0.493 e. The molecule has 5 rings (SSSR count). The van der Waals surface area contributed by atoms with E-state index in [9.17, 15) is 9.18 Å². The first-order valence-electron chi connectivity index (χ1n) is 14.2. The van der Waals surface area contributed by atoms with Crippen LogP contribution in [0.1, 0.15) is 100 Å². The molecule has 3 aromatic rings. The quantitative estimate of drug-likeness (QED) is 0.252. The fourth-order valence-electron chi connectivity index (χ4n) is 5.38. The number of ether oxygens (including phenoxy) is 1. The highest BCUT2D eigenvalue weighted by atomic mass is 19.1. The summed E-state index contributed by atoms with van der Waals surface area (Å²) in [7, 11) is 0. The SMILES string of the molecule is CC(=O)c1cc(C2CC2)c(OCC2(C)CN(C(c3ccccc3)c3ccccc3)C2)cc1F.CCCCC.[HH]. The second-order valence-electron chi connectivity index (χ2n) is 11.3. The van der Waals surface area contributed by atoms with E-state index >= 15 is 0 Å². The smallest absolute Gasteiger partial charge is 0.162 e. The van der Waals surface area contributed by atoms with Gasteiger partial charge in [0.2, 0.25) is 0 Å². The maximum atomic E-state index is 14.5. The summed E-state index contributed by atoms with van der Waals surface area (Å²) in [5, 5.41) is 0. The molecule has 1 heterocycles. The van der Waals surface area contributed by atoms with Crippen LogP contribution in [0.2, 0.25) is 0 Å². The molecule has 2 fully saturated rings. The maximum Gasteiger partial charge on any atom is 0.162 e. The third-order valence-corrected chi connectivity index (χ3v) is 7.54. The van der Waals surface area contributed by atoms with Crippen LogP contribution in [-0.4, -0.2) is 30.4 Å². The van der Waals surface area contributed by atoms with Gasteiger partial charge in [-0.25, -0.2) is 4.39 Å². The number of carbonyl (C=O) groups is 1. The highest BCUT2D eigenvalue weighted by Crippen LogP contribution is 2.46. The average Bonchev–Trinajstić information content (AvgIpc) is 3.74. The van der Waals surface area contributed by atoms with Gasteiger partial charge in [0.05, 0.1) is 18.2 Å². The molecule has 0 aromatic heterocycles. The van der Waals surface area contributed by atoms with E-state index in [1.807, 2.05) is 12.1 Å². The Kier molecular flexibility index (Phi) is 9.38. The highest BCUT2D eigenvalue weighted by molar-refractivity contribution is 5.94. The van der Waals surface area contributed by atoms with Crippen LogP contribution in [0.15, 0.2) is 72.8 Å². The lowest BCUT2D eigenvalue weighted by Crippen LogP contribution is -2.58. The Morgan fingerprint density at radius 2 is 1.55 bits per heavy atom. The van der Waals surface area contributed by atoms with Crippen molar-refractivity contribution in [3.8, 4) is 5.75 Å². The van der Waals surface area contributed by atoms with E-state index < -0.39 is 5.82 Å². The molecule has 0 N–H and O–H groups in total. The molecule has 0 radical (unpaired) electrons. The Bertz CT molecular complexity index is 1150. The lowest BCUT2D eigenvalue weighted by atomic mass is 9.79. The number of benzene rings is 3. The summed E-state index contributed by atoms with van der Waals surface area (Å²) in [4.78, 5) is 14.3. The van der Waals surface area contributed by atoms with Crippen LogP contribution < -0.4 is 4.74 Å². The topological polar surface area (TPSA) is 29.5 Å². The molecular formula is C34H44FNO2. The number of carbonyl (C=O) groups excluding carboxylic acids is 1. The summed E-state index contributed by atoms with van der Waals surface area (Å²) in [6.07, 6.45) is 6.22. The lowest BCUT2D eigenvalue weighted by molar-refractivity contribution is -0.0379. The summed E-state index contributed by atoms with van der Waals surface area (Å²) >= 11 is 0. The largest absolute Gasteiger partial charge is 0.493 e. The molecule has 0 bridgehead atoms. The molecule has 0 spiro atoms. The van der Waals surface area contributed by atoms with Gasteiger partial charge in [0, 0.05) is 26.0 Å². The Morgan fingerprint density at radius 3 is 2.00 bits per heavy atom. The molecule has 38 heavy (non-hydrogen) atoms. The van der Waals surface area contributed by atoms with E-state index in [4.69, 9.17) is 4.74 Å². The van der Waals surface area contributed by atoms with E-state index in [0.717, 1.165) is 31.5 Å². The van der Waals surface area contributed by atoms with Gasteiger partial charge in [0.25, 0.3) is 0 Å². The fraction of sp³-hybridized carbons (Fsp3) is 0.441. The van der Waals surface area contributed by atoms with Gasteiger partial charge in [0.15, 0.2) is 5.78 Å². The second-order valence-corrected chi connectivity index (χ2v) is 11.3. The zero-order valence-corrected chi connectivity index (χ0v) is 23.4. The average molecular weight is 518 g/mol. The molecule has 1 aliphatic carbocycles. The molecule has 1 aliphatic heterocycles. The van der Waals surface area contributed by atoms with Crippen molar-refractivity contribution in [2.45, 2.75) is 71.8 Å². The van der Waals surface area contributed by atoms with E-state index in [1.165, 1.54) is 43.4 Å². The molecule has 0 amide bonds. The number of nitrogens with zero attached hydrogens (tertiary/aromatic N) is 1. The van der Waals surface area contributed by atoms with Gasteiger partial charge in [-0.15, -0.1) is 0 Å². The van der Waals surface area contributed by atoms with Crippen molar-refractivity contribution in [2.24, 2.45) is 5.41 Å². The van der Waals surface area contributed by atoms with Crippen LogP contribution in [0.3, 0.4) is 0 Å². The van der Waals surface area contributed by atoms with Crippen molar-refractivity contribution in [1.29, 1.82) is 0 Å². The number of halogens is 1. The number of unbranched alkanes of at least 4 members (excludes halogenated alkanes) is 2. The molecule has 0 atom stereocenters. The van der Waals surface area contributed by atoms with Crippen LogP contribution >= 0.6 is 0 Å². The van der Waals surface area contributed by atoms with Crippen LogP contribution in [0.4, 0.5) is 4.39 Å². The molecule has 3 nitrogen and oxygen atoms in total. The summed E-state index contributed by atoms with van der Waals surface area (Å²) in [5.74, 6) is 0.248. The van der Waals surface area contributed by atoms with Crippen LogP contribution in [0.25, 0.3) is 0 Å². The van der Waals surface area contributed by atoms with E-state index in [2.05, 4.69) is 74.2 Å². The van der Waals surface area contributed by atoms with E-state index in [1.54, 1.807) is 6.07 Å². The maximum absolute atomic E-state index is 14.5. The van der Waals surface area contributed by atoms with E-state index in [0.29, 0.717) is 18.3 Å². The van der Waals surface area contributed by atoms with Crippen molar-refractivity contribution < 1.29 is 15.3 Å². The first kappa shape index (κ1) is 28.0. The Morgan fingerprint density at radius 1 is 1.00 bits per heavy atom. The minimum atomic E-state index is -0.490. The van der Waals surface area contributed by atoms with Gasteiger partial charge < -0.3 is 4.74 Å². The number of hydrogen-bond donors (Lipinski definition) is 0. The Labute approximate surface area is 229 Å². The standard InChI is InChI=1S/C29H30FNO2.C5H12.H2/c1-20(32)24-15-25(21-13-14-21)27(16-26(24)30)33-19-29(2)17-31(18-29)28(22-9-5-3-6-10-22)23-11-7-4-8-12-23;1-3-5-4-2;/h3-12,15-16,21,28H,13-14,17-19H2,1-2H3;3-5H2,1-2H3;1H. The molecule has 4 heteroatoms. The third kappa shape index (κ3) is 6.91. The van der Waals surface area contributed by atoms with Crippen LogP contribution in [0, 0.1) is 11.2 Å². The normalized spacial score (nSPS) is 16.4. The summed E-state index contributed by atoms with van der Waals surface area (Å²) < 4.78 is 20.7.